The molecule has 2 aromatic carbocycles. The lowest BCUT2D eigenvalue weighted by atomic mass is 10.0. The van der Waals surface area contributed by atoms with Gasteiger partial charge in [-0.15, -0.1) is 0 Å². The summed E-state index contributed by atoms with van der Waals surface area (Å²) in [6.07, 6.45) is 7.97. The lowest BCUT2D eigenvalue weighted by Crippen LogP contribution is -2.21. The quantitative estimate of drug-likeness (QED) is 0.513. The number of carbonyl (C=O) groups excluding carboxylic acids is 1. The van der Waals surface area contributed by atoms with E-state index in [1.807, 2.05) is 18.2 Å². The maximum atomic E-state index is 13.3. The monoisotopic (exact) mass is 410 g/mol. The number of carboxylic acids is 1. The van der Waals surface area contributed by atoms with E-state index in [4.69, 9.17) is 9.52 Å². The summed E-state index contributed by atoms with van der Waals surface area (Å²) < 4.78 is 5.19. The summed E-state index contributed by atoms with van der Waals surface area (Å²) in [4.78, 5) is 33.2. The van der Waals surface area contributed by atoms with Crippen molar-refractivity contribution in [3.8, 4) is 0 Å². The van der Waals surface area contributed by atoms with Crippen molar-refractivity contribution in [3.05, 3.63) is 95.7 Å². The number of carboxylic acid groups (broad SMARTS) is 1. The lowest BCUT2D eigenvalue weighted by molar-refractivity contribution is -0.114. The molecule has 3 heterocycles. The molecule has 0 unspecified atom stereocenters. The highest BCUT2D eigenvalue weighted by molar-refractivity contribution is 6.37. The molecule has 2 aromatic heterocycles. The summed E-state index contributed by atoms with van der Waals surface area (Å²) in [5.74, 6) is -1.39. The molecule has 1 aliphatic heterocycles. The fraction of sp³-hybridized carbons (Fsp3) is 0. The van der Waals surface area contributed by atoms with Crippen molar-refractivity contribution < 1.29 is 19.1 Å². The summed E-state index contributed by atoms with van der Waals surface area (Å²) in [5.41, 5.74) is 4.15. The predicted molar refractivity (Wildman–Crippen MR) is 114 cm³/mol. The highest BCUT2D eigenvalue weighted by Crippen LogP contribution is 2.29. The van der Waals surface area contributed by atoms with Gasteiger partial charge in [0.05, 0.1) is 40.4 Å². The van der Waals surface area contributed by atoms with Gasteiger partial charge in [0.1, 0.15) is 5.71 Å². The predicted octanol–water partition coefficient (Wildman–Crippen LogP) is 3.76. The average molecular weight is 410 g/mol. The molecule has 5 rings (SSSR count). The normalized spacial score (nSPS) is 15.0. The molecule has 0 saturated carbocycles. The van der Waals surface area contributed by atoms with Gasteiger partial charge in [-0.2, -0.15) is 10.1 Å². The summed E-state index contributed by atoms with van der Waals surface area (Å²) in [7, 11) is 0. The van der Waals surface area contributed by atoms with Crippen LogP contribution in [-0.2, 0) is 4.79 Å². The van der Waals surface area contributed by atoms with Gasteiger partial charge in [0.2, 0.25) is 0 Å². The molecule has 150 valence electrons. The fourth-order valence-electron chi connectivity index (χ4n) is 3.36. The van der Waals surface area contributed by atoms with E-state index in [9.17, 15) is 9.59 Å². The van der Waals surface area contributed by atoms with Crippen LogP contribution in [0.3, 0.4) is 0 Å². The third-order valence-corrected chi connectivity index (χ3v) is 4.86. The first kappa shape index (κ1) is 18.4. The number of anilines is 1. The number of hydrogen-bond donors (Lipinski definition) is 1. The van der Waals surface area contributed by atoms with Crippen LogP contribution in [0.4, 0.5) is 5.69 Å². The Morgan fingerprint density at radius 3 is 2.58 bits per heavy atom. The average Bonchev–Trinajstić information content (AvgIpc) is 3.43. The van der Waals surface area contributed by atoms with Gasteiger partial charge in [-0.3, -0.25) is 14.8 Å². The molecule has 0 fully saturated rings. The molecular formula is C23H14N4O4. The number of fused-ring (bicyclic) bond motifs is 1. The number of hydrazone groups is 1. The second kappa shape index (κ2) is 7.34. The molecular weight excluding hydrogens is 396 g/mol. The number of aromatic carboxylic acids is 1. The van der Waals surface area contributed by atoms with Crippen molar-refractivity contribution in [2.45, 2.75) is 0 Å². The first-order valence-electron chi connectivity index (χ1n) is 9.32. The highest BCUT2D eigenvalue weighted by Gasteiger charge is 2.32. The van der Waals surface area contributed by atoms with E-state index in [2.05, 4.69) is 15.1 Å². The molecule has 4 aromatic rings. The van der Waals surface area contributed by atoms with Crippen LogP contribution in [0.25, 0.3) is 17.1 Å². The van der Waals surface area contributed by atoms with Crippen LogP contribution in [-0.4, -0.2) is 32.7 Å². The van der Waals surface area contributed by atoms with E-state index in [1.165, 1.54) is 29.7 Å². The van der Waals surface area contributed by atoms with Gasteiger partial charge in [0.15, 0.2) is 0 Å². The zero-order valence-electron chi connectivity index (χ0n) is 16.0. The van der Waals surface area contributed by atoms with Crippen LogP contribution < -0.4 is 5.01 Å². The first-order valence-corrected chi connectivity index (χ1v) is 9.32. The van der Waals surface area contributed by atoms with Gasteiger partial charge < -0.3 is 9.52 Å². The fourth-order valence-corrected chi connectivity index (χ4v) is 3.36. The Kier molecular flexibility index (Phi) is 4.37. The van der Waals surface area contributed by atoms with Crippen molar-refractivity contribution in [3.63, 3.8) is 0 Å². The molecule has 1 amide bonds. The maximum Gasteiger partial charge on any atom is 0.335 e. The Balaban J connectivity index is 1.63. The summed E-state index contributed by atoms with van der Waals surface area (Å²) in [6.45, 7) is 0. The molecule has 0 aliphatic carbocycles. The molecule has 0 radical (unpaired) electrons. The summed E-state index contributed by atoms with van der Waals surface area (Å²) >= 11 is 0. The molecule has 0 bridgehead atoms. The highest BCUT2D eigenvalue weighted by atomic mass is 16.4. The zero-order valence-corrected chi connectivity index (χ0v) is 16.0. The van der Waals surface area contributed by atoms with Crippen LogP contribution in [0.1, 0.15) is 21.5 Å². The number of rotatable bonds is 4. The Morgan fingerprint density at radius 1 is 1.03 bits per heavy atom. The van der Waals surface area contributed by atoms with Gasteiger partial charge in [-0.25, -0.2) is 4.79 Å². The van der Waals surface area contributed by atoms with Crippen molar-refractivity contribution in [1.29, 1.82) is 0 Å². The van der Waals surface area contributed by atoms with E-state index >= 15 is 0 Å². The van der Waals surface area contributed by atoms with Crippen LogP contribution in [0, 0.1) is 0 Å². The van der Waals surface area contributed by atoms with Crippen molar-refractivity contribution >= 4 is 40.4 Å². The van der Waals surface area contributed by atoms with Crippen LogP contribution >= 0.6 is 0 Å². The van der Waals surface area contributed by atoms with Gasteiger partial charge in [-0.1, -0.05) is 12.1 Å². The maximum absolute atomic E-state index is 13.3. The number of amides is 1. The van der Waals surface area contributed by atoms with Crippen LogP contribution in [0.2, 0.25) is 0 Å². The minimum Gasteiger partial charge on any atom is -0.478 e. The standard InChI is InChI=1S/C23H14N4O4/c28-22-18(12-15-2-1-3-19-21(15)25-10-9-24-19)20(16-8-11-31-13-16)26-27(22)17-6-4-14(5-7-17)23(29)30/h1-13H,(H,29,30)/b18-12-. The smallest absolute Gasteiger partial charge is 0.335 e. The SMILES string of the molecule is O=C(O)c1ccc(N2N=C(c3ccoc3)/C(=C/c3cccc4nccnc34)C2=O)cc1. The molecule has 0 spiro atoms. The van der Waals surface area contributed by atoms with Gasteiger partial charge in [-0.05, 0) is 42.5 Å². The number of benzene rings is 2. The van der Waals surface area contributed by atoms with Gasteiger partial charge in [0.25, 0.3) is 5.91 Å². The van der Waals surface area contributed by atoms with E-state index < -0.39 is 5.97 Å². The minimum absolute atomic E-state index is 0.125. The molecule has 8 heteroatoms. The topological polar surface area (TPSA) is 109 Å². The molecule has 8 nitrogen and oxygen atoms in total. The van der Waals surface area contributed by atoms with Crippen LogP contribution in [0.15, 0.2) is 88.5 Å². The Labute approximate surface area is 175 Å². The molecule has 31 heavy (non-hydrogen) atoms. The van der Waals surface area contributed by atoms with Gasteiger partial charge in [0, 0.05) is 23.5 Å². The minimum atomic E-state index is -1.04. The first-order chi connectivity index (χ1) is 15.1. The molecule has 1 N–H and O–H groups in total. The van der Waals surface area contributed by atoms with E-state index in [0.717, 1.165) is 5.56 Å². The number of carbonyl (C=O) groups is 2. The van der Waals surface area contributed by atoms with E-state index in [1.54, 1.807) is 36.7 Å². The van der Waals surface area contributed by atoms with Gasteiger partial charge >= 0.3 is 5.97 Å². The van der Waals surface area contributed by atoms with E-state index in [0.29, 0.717) is 33.6 Å². The van der Waals surface area contributed by atoms with Crippen molar-refractivity contribution in [2.24, 2.45) is 5.10 Å². The summed E-state index contributed by atoms with van der Waals surface area (Å²) in [5, 5.41) is 14.9. The number of para-hydroxylation sites is 1. The Bertz CT molecular complexity index is 1370. The second-order valence-electron chi connectivity index (χ2n) is 6.76. The second-order valence-corrected chi connectivity index (χ2v) is 6.76. The zero-order chi connectivity index (χ0) is 21.4. The number of furan rings is 1. The molecule has 0 atom stereocenters. The largest absolute Gasteiger partial charge is 0.478 e. The Hall–Kier alpha value is -4.59. The number of aromatic nitrogens is 2. The third-order valence-electron chi connectivity index (χ3n) is 4.86. The summed E-state index contributed by atoms with van der Waals surface area (Å²) in [6, 6.07) is 13.2. The Morgan fingerprint density at radius 2 is 1.84 bits per heavy atom. The number of nitrogens with zero attached hydrogens (tertiary/aromatic N) is 4. The molecule has 0 saturated heterocycles. The van der Waals surface area contributed by atoms with Crippen molar-refractivity contribution in [2.75, 3.05) is 5.01 Å². The van der Waals surface area contributed by atoms with Crippen molar-refractivity contribution in [1.82, 2.24) is 9.97 Å². The lowest BCUT2D eigenvalue weighted by Gasteiger charge is -2.11. The van der Waals surface area contributed by atoms with E-state index in [-0.39, 0.29) is 11.5 Å². The van der Waals surface area contributed by atoms with Crippen LogP contribution in [0.5, 0.6) is 0 Å². The third kappa shape index (κ3) is 3.25. The molecule has 1 aliphatic rings. The number of hydrogen-bond acceptors (Lipinski definition) is 6.